The largest absolute Gasteiger partial charge is 0.383 e. The first-order valence-electron chi connectivity index (χ1n) is 7.43. The number of likely N-dealkylation sites (N-methyl/N-ethyl adjacent to an activating group) is 1. The SMILES string of the molecule is CNC(=O)Cn1ccc2ccc(NC(=O)CNCCOC)cc21.Cl. The average molecular weight is 355 g/mol. The quantitative estimate of drug-likeness (QED) is 0.617. The van der Waals surface area contributed by atoms with Crippen molar-refractivity contribution >= 4 is 40.8 Å². The Morgan fingerprint density at radius 1 is 1.21 bits per heavy atom. The second kappa shape index (κ2) is 9.92. The van der Waals surface area contributed by atoms with E-state index in [1.54, 1.807) is 14.2 Å². The molecule has 0 bridgehead atoms. The van der Waals surface area contributed by atoms with E-state index < -0.39 is 0 Å². The number of amides is 2. The van der Waals surface area contributed by atoms with Crippen molar-refractivity contribution in [3.63, 3.8) is 0 Å². The summed E-state index contributed by atoms with van der Waals surface area (Å²) in [5.41, 5.74) is 1.60. The summed E-state index contributed by atoms with van der Waals surface area (Å²) < 4.78 is 6.75. The number of hydrogen-bond donors (Lipinski definition) is 3. The fourth-order valence-corrected chi connectivity index (χ4v) is 2.21. The number of ether oxygens (including phenoxy) is 1. The zero-order valence-electron chi connectivity index (χ0n) is 13.8. The van der Waals surface area contributed by atoms with Gasteiger partial charge >= 0.3 is 0 Å². The minimum atomic E-state index is -0.120. The lowest BCUT2D eigenvalue weighted by Crippen LogP contribution is -2.30. The average Bonchev–Trinajstić information content (AvgIpc) is 2.94. The highest BCUT2D eigenvalue weighted by molar-refractivity contribution is 5.95. The van der Waals surface area contributed by atoms with Crippen LogP contribution in [0.5, 0.6) is 0 Å². The molecule has 2 aromatic rings. The van der Waals surface area contributed by atoms with E-state index in [1.165, 1.54) is 0 Å². The molecule has 24 heavy (non-hydrogen) atoms. The van der Waals surface area contributed by atoms with E-state index >= 15 is 0 Å². The molecule has 1 aromatic carbocycles. The molecular formula is C16H23ClN4O3. The van der Waals surface area contributed by atoms with E-state index in [9.17, 15) is 9.59 Å². The molecule has 0 aliphatic carbocycles. The van der Waals surface area contributed by atoms with Crippen LogP contribution in [-0.2, 0) is 20.9 Å². The highest BCUT2D eigenvalue weighted by atomic mass is 35.5. The number of fused-ring (bicyclic) bond motifs is 1. The summed E-state index contributed by atoms with van der Waals surface area (Å²) in [6, 6.07) is 7.57. The van der Waals surface area contributed by atoms with Crippen LogP contribution >= 0.6 is 12.4 Å². The van der Waals surface area contributed by atoms with Crippen molar-refractivity contribution in [3.05, 3.63) is 30.5 Å². The van der Waals surface area contributed by atoms with Gasteiger partial charge in [-0.15, -0.1) is 12.4 Å². The number of aromatic nitrogens is 1. The first-order valence-corrected chi connectivity index (χ1v) is 7.43. The first-order chi connectivity index (χ1) is 11.1. The summed E-state index contributed by atoms with van der Waals surface area (Å²) in [7, 11) is 3.22. The molecule has 0 saturated carbocycles. The number of anilines is 1. The molecule has 0 fully saturated rings. The summed E-state index contributed by atoms with van der Waals surface area (Å²) in [4.78, 5) is 23.4. The molecule has 2 rings (SSSR count). The molecule has 3 N–H and O–H groups in total. The molecule has 0 radical (unpaired) electrons. The van der Waals surface area contributed by atoms with Crippen LogP contribution in [0.4, 0.5) is 5.69 Å². The Balaban J connectivity index is 0.00000288. The molecule has 132 valence electrons. The van der Waals surface area contributed by atoms with Gasteiger partial charge in [0.1, 0.15) is 6.54 Å². The molecule has 0 atom stereocenters. The summed E-state index contributed by atoms with van der Waals surface area (Å²) in [6.07, 6.45) is 1.86. The van der Waals surface area contributed by atoms with Crippen LogP contribution in [-0.4, -0.2) is 50.2 Å². The smallest absolute Gasteiger partial charge is 0.239 e. The van der Waals surface area contributed by atoms with E-state index in [-0.39, 0.29) is 37.3 Å². The molecule has 0 aliphatic rings. The third-order valence-corrected chi connectivity index (χ3v) is 3.42. The molecule has 2 amide bonds. The van der Waals surface area contributed by atoms with Crippen molar-refractivity contribution in [1.82, 2.24) is 15.2 Å². The Morgan fingerprint density at radius 2 is 2.00 bits per heavy atom. The number of halogens is 1. The van der Waals surface area contributed by atoms with Gasteiger partial charge in [-0.25, -0.2) is 0 Å². The third kappa shape index (κ3) is 5.52. The van der Waals surface area contributed by atoms with Gasteiger partial charge < -0.3 is 25.3 Å². The van der Waals surface area contributed by atoms with Crippen molar-refractivity contribution < 1.29 is 14.3 Å². The molecule has 1 heterocycles. The molecule has 7 nitrogen and oxygen atoms in total. The summed E-state index contributed by atoms with van der Waals surface area (Å²) >= 11 is 0. The van der Waals surface area contributed by atoms with E-state index in [2.05, 4.69) is 16.0 Å². The number of carbonyl (C=O) groups excluding carboxylic acids is 2. The van der Waals surface area contributed by atoms with Gasteiger partial charge in [0, 0.05) is 32.6 Å². The van der Waals surface area contributed by atoms with Gasteiger partial charge in [0.05, 0.1) is 18.7 Å². The summed E-state index contributed by atoms with van der Waals surface area (Å²) in [6.45, 7) is 1.65. The molecule has 1 aromatic heterocycles. The maximum atomic E-state index is 11.9. The van der Waals surface area contributed by atoms with Crippen molar-refractivity contribution in [2.45, 2.75) is 6.54 Å². The van der Waals surface area contributed by atoms with Crippen LogP contribution in [0.15, 0.2) is 30.5 Å². The predicted octanol–water partition coefficient (Wildman–Crippen LogP) is 0.984. The van der Waals surface area contributed by atoms with Crippen molar-refractivity contribution in [3.8, 4) is 0 Å². The first kappa shape index (κ1) is 20.0. The number of methoxy groups -OCH3 is 1. The van der Waals surface area contributed by atoms with Crippen LogP contribution in [0.3, 0.4) is 0 Å². The van der Waals surface area contributed by atoms with Crippen LogP contribution in [0.1, 0.15) is 0 Å². The number of benzene rings is 1. The third-order valence-electron chi connectivity index (χ3n) is 3.42. The molecule has 8 heteroatoms. The normalized spacial score (nSPS) is 10.2. The number of hydrogen-bond acceptors (Lipinski definition) is 4. The van der Waals surface area contributed by atoms with Gasteiger partial charge in [0.2, 0.25) is 11.8 Å². The summed E-state index contributed by atoms with van der Waals surface area (Å²) in [5, 5.41) is 9.45. The van der Waals surface area contributed by atoms with Crippen LogP contribution in [0.2, 0.25) is 0 Å². The maximum Gasteiger partial charge on any atom is 0.239 e. The van der Waals surface area contributed by atoms with E-state index in [4.69, 9.17) is 4.74 Å². The zero-order chi connectivity index (χ0) is 16.7. The van der Waals surface area contributed by atoms with Gasteiger partial charge in [0.15, 0.2) is 0 Å². The number of nitrogens with one attached hydrogen (secondary N) is 3. The van der Waals surface area contributed by atoms with Gasteiger partial charge in [-0.05, 0) is 23.6 Å². The highest BCUT2D eigenvalue weighted by Gasteiger charge is 2.07. The Labute approximate surface area is 147 Å². The minimum Gasteiger partial charge on any atom is -0.383 e. The van der Waals surface area contributed by atoms with E-state index in [0.29, 0.717) is 18.8 Å². The fourth-order valence-electron chi connectivity index (χ4n) is 2.21. The second-order valence-corrected chi connectivity index (χ2v) is 5.11. The molecule has 0 aliphatic heterocycles. The number of nitrogens with zero attached hydrogens (tertiary/aromatic N) is 1. The molecule has 0 spiro atoms. The Morgan fingerprint density at radius 3 is 2.71 bits per heavy atom. The Hall–Kier alpha value is -2.09. The van der Waals surface area contributed by atoms with Crippen LogP contribution in [0, 0.1) is 0 Å². The summed E-state index contributed by atoms with van der Waals surface area (Å²) in [5.74, 6) is -0.191. The molecule has 0 unspecified atom stereocenters. The molecule has 0 saturated heterocycles. The molecular weight excluding hydrogens is 332 g/mol. The van der Waals surface area contributed by atoms with Crippen molar-refractivity contribution in [2.24, 2.45) is 0 Å². The fraction of sp³-hybridized carbons (Fsp3) is 0.375. The number of carbonyl (C=O) groups is 2. The number of rotatable bonds is 8. The maximum absolute atomic E-state index is 11.9. The predicted molar refractivity (Wildman–Crippen MR) is 96.6 cm³/mol. The Bertz CT molecular complexity index is 687. The minimum absolute atomic E-state index is 0. The van der Waals surface area contributed by atoms with Crippen LogP contribution in [0.25, 0.3) is 10.9 Å². The second-order valence-electron chi connectivity index (χ2n) is 5.11. The highest BCUT2D eigenvalue weighted by Crippen LogP contribution is 2.20. The lowest BCUT2D eigenvalue weighted by atomic mass is 10.2. The van der Waals surface area contributed by atoms with Gasteiger partial charge in [-0.1, -0.05) is 6.07 Å². The van der Waals surface area contributed by atoms with Gasteiger partial charge in [-0.2, -0.15) is 0 Å². The monoisotopic (exact) mass is 354 g/mol. The lowest BCUT2D eigenvalue weighted by molar-refractivity contribution is -0.121. The van der Waals surface area contributed by atoms with Crippen molar-refractivity contribution in [1.29, 1.82) is 0 Å². The zero-order valence-corrected chi connectivity index (χ0v) is 14.6. The Kier molecular flexibility index (Phi) is 8.25. The van der Waals surface area contributed by atoms with E-state index in [1.807, 2.05) is 35.0 Å². The standard InChI is InChI=1S/C16H22N4O3.ClH/c1-17-16(22)11-20-7-5-12-3-4-13(9-14(12)20)19-15(21)10-18-6-8-23-2;/h3-5,7,9,18H,6,8,10-11H2,1-2H3,(H,17,22)(H,19,21);1H. The lowest BCUT2D eigenvalue weighted by Gasteiger charge is -2.08. The van der Waals surface area contributed by atoms with Gasteiger partial charge in [-0.3, -0.25) is 9.59 Å². The van der Waals surface area contributed by atoms with Crippen molar-refractivity contribution in [2.75, 3.05) is 39.2 Å². The van der Waals surface area contributed by atoms with Gasteiger partial charge in [0.25, 0.3) is 0 Å². The van der Waals surface area contributed by atoms with E-state index in [0.717, 1.165) is 10.9 Å². The topological polar surface area (TPSA) is 84.4 Å². The van der Waals surface area contributed by atoms with Crippen LogP contribution < -0.4 is 16.0 Å².